The monoisotopic (exact) mass is 377 g/mol. The largest absolute Gasteiger partial charge is 0.481 e. The normalized spacial score (nSPS) is 19.5. The van der Waals surface area contributed by atoms with Gasteiger partial charge in [-0.1, -0.05) is 5.16 Å². The molecule has 0 spiro atoms. The molecule has 1 heterocycles. The van der Waals surface area contributed by atoms with Crippen molar-refractivity contribution in [3.63, 3.8) is 0 Å². The predicted octanol–water partition coefficient (Wildman–Crippen LogP) is 2.64. The van der Waals surface area contributed by atoms with Gasteiger partial charge in [-0.25, -0.2) is 22.7 Å². The van der Waals surface area contributed by atoms with E-state index in [1.165, 1.54) is 13.3 Å². The minimum atomic E-state index is -2.61. The Kier molecular flexibility index (Phi) is 6.79. The number of methoxy groups -OCH3 is 1. The zero-order valence-corrected chi connectivity index (χ0v) is 14.8. The molecule has 1 aromatic rings. The Morgan fingerprint density at radius 2 is 2.20 bits per heavy atom. The fourth-order valence-corrected chi connectivity index (χ4v) is 2.77. The summed E-state index contributed by atoms with van der Waals surface area (Å²) in [5.74, 6) is -2.28. The highest BCUT2D eigenvalue weighted by atomic mass is 32.2. The lowest BCUT2D eigenvalue weighted by molar-refractivity contribution is -0.0797. The van der Waals surface area contributed by atoms with Gasteiger partial charge in [0.05, 0.1) is 18.4 Å². The molecule has 1 aliphatic rings. The van der Waals surface area contributed by atoms with E-state index in [4.69, 9.17) is 14.1 Å². The summed E-state index contributed by atoms with van der Waals surface area (Å²) < 4.78 is 53.3. The smallest absolute Gasteiger partial charge is 0.248 e. The van der Waals surface area contributed by atoms with Crippen LogP contribution in [-0.4, -0.2) is 38.6 Å². The number of nitrogens with zero attached hydrogens (tertiary/aromatic N) is 2. The van der Waals surface area contributed by atoms with E-state index >= 15 is 0 Å². The van der Waals surface area contributed by atoms with Gasteiger partial charge in [0.2, 0.25) is 23.1 Å². The second kappa shape index (κ2) is 8.63. The summed E-state index contributed by atoms with van der Waals surface area (Å²) in [6.07, 6.45) is 1.29. The van der Waals surface area contributed by atoms with Crippen LogP contribution in [-0.2, 0) is 22.6 Å². The molecule has 25 heavy (non-hydrogen) atoms. The minimum Gasteiger partial charge on any atom is -0.481 e. The van der Waals surface area contributed by atoms with E-state index in [1.807, 2.05) is 0 Å². The molecule has 1 atom stereocenters. The Hall–Kier alpha value is -1.65. The van der Waals surface area contributed by atoms with E-state index in [2.05, 4.69) is 14.9 Å². The number of pyridine rings is 1. The van der Waals surface area contributed by atoms with Gasteiger partial charge < -0.3 is 9.57 Å². The van der Waals surface area contributed by atoms with Crippen molar-refractivity contribution in [1.82, 2.24) is 9.71 Å². The van der Waals surface area contributed by atoms with E-state index in [0.29, 0.717) is 22.7 Å². The molecule has 7 nitrogen and oxygen atoms in total. The number of halogens is 2. The van der Waals surface area contributed by atoms with Crippen LogP contribution >= 0.6 is 0 Å². The molecule has 2 N–H and O–H groups in total. The molecule has 0 aliphatic heterocycles. The lowest BCUT2D eigenvalue weighted by atomic mass is 9.94. The molecule has 0 aromatic carbocycles. The molecule has 0 radical (unpaired) electrons. The molecule has 10 heteroatoms. The number of nitrogens with one attached hydrogen (secondary N) is 1. The summed E-state index contributed by atoms with van der Waals surface area (Å²) in [4.78, 5) is 9.53. The van der Waals surface area contributed by atoms with Crippen molar-refractivity contribution in [3.8, 4) is 5.88 Å². The summed E-state index contributed by atoms with van der Waals surface area (Å²) in [6, 6.07) is 1.71. The van der Waals surface area contributed by atoms with Crippen molar-refractivity contribution in [2.24, 2.45) is 5.16 Å². The standard InChI is InChI=1S/C15H21F2N3O4S/c1-10(20-24-12-3-5-15(16,17)6-4-12)13-7-11(9-19-25(21)22)8-18-14(13)23-2/h7-8,12,19H,3-6,9H2,1-2H3,(H,21,22)/b20-10+. The summed E-state index contributed by atoms with van der Waals surface area (Å²) in [5, 5.41) is 4.03. The average Bonchev–Trinajstić information content (AvgIpc) is 2.58. The number of hydrogen-bond donors (Lipinski definition) is 2. The lowest BCUT2D eigenvalue weighted by Crippen LogP contribution is -2.28. The van der Waals surface area contributed by atoms with Crippen LogP contribution in [0.2, 0.25) is 0 Å². The van der Waals surface area contributed by atoms with E-state index in [-0.39, 0.29) is 38.3 Å². The topological polar surface area (TPSA) is 93.0 Å². The quantitative estimate of drug-likeness (QED) is 0.433. The molecule has 1 fully saturated rings. The van der Waals surface area contributed by atoms with Crippen LogP contribution in [0.25, 0.3) is 0 Å². The molecule has 0 bridgehead atoms. The van der Waals surface area contributed by atoms with Crippen molar-refractivity contribution in [2.45, 2.75) is 51.2 Å². The van der Waals surface area contributed by atoms with Crippen molar-refractivity contribution >= 4 is 17.0 Å². The van der Waals surface area contributed by atoms with E-state index in [0.717, 1.165) is 0 Å². The van der Waals surface area contributed by atoms with Gasteiger partial charge in [-0.2, -0.15) is 0 Å². The first-order valence-electron chi connectivity index (χ1n) is 7.76. The third-order valence-electron chi connectivity index (χ3n) is 3.89. The molecule has 1 aliphatic carbocycles. The second-order valence-corrected chi connectivity index (χ2v) is 6.60. The highest BCUT2D eigenvalue weighted by molar-refractivity contribution is 7.77. The Morgan fingerprint density at radius 1 is 1.52 bits per heavy atom. The molecule has 0 amide bonds. The maximum Gasteiger partial charge on any atom is 0.248 e. The molecule has 140 valence electrons. The van der Waals surface area contributed by atoms with Crippen LogP contribution < -0.4 is 9.46 Å². The number of hydrogen-bond acceptors (Lipinski definition) is 5. The van der Waals surface area contributed by atoms with E-state index < -0.39 is 17.2 Å². The molecule has 0 saturated heterocycles. The van der Waals surface area contributed by atoms with E-state index in [1.54, 1.807) is 13.0 Å². The van der Waals surface area contributed by atoms with E-state index in [9.17, 15) is 13.0 Å². The zero-order chi connectivity index (χ0) is 18.4. The average molecular weight is 377 g/mol. The third-order valence-corrected chi connectivity index (χ3v) is 4.28. The van der Waals surface area contributed by atoms with Crippen LogP contribution in [0.4, 0.5) is 8.78 Å². The Bertz CT molecular complexity index is 648. The van der Waals surface area contributed by atoms with Crippen molar-refractivity contribution < 1.29 is 27.1 Å². The Labute approximate surface area is 147 Å². The van der Waals surface area contributed by atoms with Gasteiger partial charge in [-0.15, -0.1) is 0 Å². The van der Waals surface area contributed by atoms with Gasteiger partial charge in [0.25, 0.3) is 0 Å². The molecule has 1 aromatic heterocycles. The minimum absolute atomic E-state index is 0.138. The second-order valence-electron chi connectivity index (χ2n) is 5.81. The number of alkyl halides is 2. The van der Waals surface area contributed by atoms with Gasteiger partial charge in [0.15, 0.2) is 0 Å². The number of rotatable bonds is 7. The summed E-state index contributed by atoms with van der Waals surface area (Å²) in [6.45, 7) is 1.83. The fourth-order valence-electron chi connectivity index (χ4n) is 2.48. The molecule has 1 unspecified atom stereocenters. The fraction of sp³-hybridized carbons (Fsp3) is 0.600. The van der Waals surface area contributed by atoms with Crippen molar-refractivity contribution in [2.75, 3.05) is 7.11 Å². The van der Waals surface area contributed by atoms with Crippen LogP contribution in [0, 0.1) is 0 Å². The van der Waals surface area contributed by atoms with Gasteiger partial charge in [-0.05, 0) is 31.4 Å². The van der Waals surface area contributed by atoms with Crippen molar-refractivity contribution in [3.05, 3.63) is 23.4 Å². The number of oxime groups is 1. The SMILES string of the molecule is COc1ncc(CNS(=O)O)cc1/C(C)=N/OC1CCC(F)(F)CC1. The highest BCUT2D eigenvalue weighted by Gasteiger charge is 2.35. The molecule has 2 rings (SSSR count). The maximum atomic E-state index is 13.2. The lowest BCUT2D eigenvalue weighted by Gasteiger charge is -2.26. The predicted molar refractivity (Wildman–Crippen MR) is 88.9 cm³/mol. The first kappa shape index (κ1) is 19.7. The third kappa shape index (κ3) is 5.98. The van der Waals surface area contributed by atoms with Gasteiger partial charge >= 0.3 is 0 Å². The van der Waals surface area contributed by atoms with Gasteiger partial charge in [0, 0.05) is 25.6 Å². The summed E-state index contributed by atoms with van der Waals surface area (Å²) in [5.41, 5.74) is 1.70. The maximum absolute atomic E-state index is 13.2. The van der Waals surface area contributed by atoms with Crippen LogP contribution in [0.1, 0.15) is 43.7 Å². The highest BCUT2D eigenvalue weighted by Crippen LogP contribution is 2.34. The first-order valence-corrected chi connectivity index (χ1v) is 8.87. The summed E-state index contributed by atoms with van der Waals surface area (Å²) in [7, 11) is 1.46. The van der Waals surface area contributed by atoms with Crippen LogP contribution in [0.5, 0.6) is 5.88 Å². The number of aromatic nitrogens is 1. The molecular formula is C15H21F2N3O4S. The van der Waals surface area contributed by atoms with Gasteiger partial charge in [0.1, 0.15) is 6.10 Å². The zero-order valence-electron chi connectivity index (χ0n) is 14.0. The number of ether oxygens (including phenoxy) is 1. The van der Waals surface area contributed by atoms with Crippen LogP contribution in [0.15, 0.2) is 17.4 Å². The Morgan fingerprint density at radius 3 is 2.80 bits per heavy atom. The Balaban J connectivity index is 2.07. The first-order chi connectivity index (χ1) is 11.8. The molecular weight excluding hydrogens is 356 g/mol. The molecule has 1 saturated carbocycles. The summed E-state index contributed by atoms with van der Waals surface area (Å²) >= 11 is -2.13. The van der Waals surface area contributed by atoms with Crippen molar-refractivity contribution in [1.29, 1.82) is 0 Å². The van der Waals surface area contributed by atoms with Gasteiger partial charge in [-0.3, -0.25) is 4.55 Å². The van der Waals surface area contributed by atoms with Crippen LogP contribution in [0.3, 0.4) is 0 Å².